The van der Waals surface area contributed by atoms with E-state index < -0.39 is 0 Å². The van der Waals surface area contributed by atoms with Crippen molar-refractivity contribution in [3.8, 4) is 5.75 Å². The highest BCUT2D eigenvalue weighted by Crippen LogP contribution is 2.40. The molecule has 0 aromatic heterocycles. The Morgan fingerprint density at radius 1 is 1.18 bits per heavy atom. The van der Waals surface area contributed by atoms with Gasteiger partial charge in [-0.1, -0.05) is 42.5 Å². The van der Waals surface area contributed by atoms with Crippen LogP contribution in [0.2, 0.25) is 0 Å². The molecule has 2 aromatic carbocycles. The Hall–Kier alpha value is -2.73. The van der Waals surface area contributed by atoms with Crippen molar-refractivity contribution in [1.82, 2.24) is 10.6 Å². The third-order valence-electron chi connectivity index (χ3n) is 6.49. The van der Waals surface area contributed by atoms with Crippen LogP contribution in [0.5, 0.6) is 5.75 Å². The van der Waals surface area contributed by atoms with Crippen LogP contribution in [0.3, 0.4) is 0 Å². The van der Waals surface area contributed by atoms with E-state index in [-0.39, 0.29) is 29.8 Å². The van der Waals surface area contributed by atoms with Crippen molar-refractivity contribution >= 4 is 29.7 Å². The fourth-order valence-corrected chi connectivity index (χ4v) is 5.84. The molecule has 2 aliphatic rings. The molecule has 1 saturated carbocycles. The largest absolute Gasteiger partial charge is 0.497 e. The first-order chi connectivity index (χ1) is 16.0. The van der Waals surface area contributed by atoms with Crippen LogP contribution >= 0.6 is 11.8 Å². The Kier molecular flexibility index (Phi) is 7.76. The van der Waals surface area contributed by atoms with Gasteiger partial charge in [-0.05, 0) is 68.4 Å². The Labute approximate surface area is 200 Å². The van der Waals surface area contributed by atoms with Crippen molar-refractivity contribution < 1.29 is 14.3 Å². The summed E-state index contributed by atoms with van der Waals surface area (Å²) in [5.41, 5.74) is 2.27. The summed E-state index contributed by atoms with van der Waals surface area (Å²) in [4.78, 5) is 26.3. The lowest BCUT2D eigenvalue weighted by Crippen LogP contribution is -2.52. The van der Waals surface area contributed by atoms with Gasteiger partial charge < -0.3 is 15.4 Å². The maximum absolute atomic E-state index is 12.9. The maximum Gasteiger partial charge on any atom is 0.257 e. The SMILES string of the molecule is COc1ccc(/C=C2/SC3CCC(C(=O)NC(C)CCc4ccccc4)CC3NC2=O)cc1. The van der Waals surface area contributed by atoms with Gasteiger partial charge in [0.15, 0.2) is 0 Å². The lowest BCUT2D eigenvalue weighted by molar-refractivity contribution is -0.127. The first-order valence-electron chi connectivity index (χ1n) is 11.7. The van der Waals surface area contributed by atoms with Crippen molar-refractivity contribution in [2.24, 2.45) is 5.92 Å². The van der Waals surface area contributed by atoms with Gasteiger partial charge in [0, 0.05) is 23.3 Å². The van der Waals surface area contributed by atoms with E-state index in [4.69, 9.17) is 4.74 Å². The number of amides is 2. The predicted molar refractivity (Wildman–Crippen MR) is 134 cm³/mol. The predicted octanol–water partition coefficient (Wildman–Crippen LogP) is 4.57. The van der Waals surface area contributed by atoms with E-state index in [1.807, 2.05) is 48.5 Å². The number of nitrogens with one attached hydrogen (secondary N) is 2. The first-order valence-corrected chi connectivity index (χ1v) is 12.6. The summed E-state index contributed by atoms with van der Waals surface area (Å²) >= 11 is 1.65. The van der Waals surface area contributed by atoms with Crippen LogP contribution in [0, 0.1) is 5.92 Å². The fourth-order valence-electron chi connectivity index (χ4n) is 4.54. The molecule has 33 heavy (non-hydrogen) atoms. The molecule has 4 unspecified atom stereocenters. The van der Waals surface area contributed by atoms with Crippen LogP contribution in [0.4, 0.5) is 0 Å². The molecule has 2 fully saturated rings. The fraction of sp³-hybridized carbons (Fsp3) is 0.407. The molecule has 6 heteroatoms. The van der Waals surface area contributed by atoms with E-state index in [0.29, 0.717) is 11.7 Å². The van der Waals surface area contributed by atoms with Crippen LogP contribution in [-0.4, -0.2) is 36.3 Å². The molecule has 2 N–H and O–H groups in total. The van der Waals surface area contributed by atoms with E-state index in [1.54, 1.807) is 18.9 Å². The van der Waals surface area contributed by atoms with Gasteiger partial charge in [0.2, 0.25) is 5.91 Å². The normalized spacial score (nSPS) is 24.5. The second kappa shape index (κ2) is 10.9. The quantitative estimate of drug-likeness (QED) is 0.589. The van der Waals surface area contributed by atoms with Gasteiger partial charge in [0.05, 0.1) is 12.0 Å². The standard InChI is InChI=1S/C27H32N2O3S/c1-18(8-9-19-6-4-3-5-7-19)28-26(30)21-12-15-24-23(17-21)29-27(31)25(33-24)16-20-10-13-22(32-2)14-11-20/h3-7,10-11,13-14,16,18,21,23-24H,8-9,12,15,17H2,1-2H3,(H,28,30)(H,29,31)/b25-16+. The Morgan fingerprint density at radius 2 is 1.94 bits per heavy atom. The monoisotopic (exact) mass is 464 g/mol. The van der Waals surface area contributed by atoms with E-state index >= 15 is 0 Å². The average molecular weight is 465 g/mol. The molecule has 1 aliphatic heterocycles. The maximum atomic E-state index is 12.9. The molecule has 2 amide bonds. The van der Waals surface area contributed by atoms with Gasteiger partial charge in [-0.2, -0.15) is 0 Å². The molecule has 1 saturated heterocycles. The zero-order valence-electron chi connectivity index (χ0n) is 19.3. The minimum Gasteiger partial charge on any atom is -0.497 e. The number of ether oxygens (including phenoxy) is 1. The highest BCUT2D eigenvalue weighted by atomic mass is 32.2. The molecule has 0 radical (unpaired) electrons. The van der Waals surface area contributed by atoms with Gasteiger partial charge in [0.25, 0.3) is 5.91 Å². The highest BCUT2D eigenvalue weighted by molar-refractivity contribution is 8.04. The zero-order valence-corrected chi connectivity index (χ0v) is 20.1. The lowest BCUT2D eigenvalue weighted by Gasteiger charge is -2.39. The second-order valence-electron chi connectivity index (χ2n) is 8.96. The number of carbonyl (C=O) groups is 2. The van der Waals surface area contributed by atoms with Gasteiger partial charge in [-0.15, -0.1) is 11.8 Å². The number of rotatable bonds is 7. The number of hydrogen-bond acceptors (Lipinski definition) is 4. The summed E-state index contributed by atoms with van der Waals surface area (Å²) in [7, 11) is 1.64. The number of methoxy groups -OCH3 is 1. The van der Waals surface area contributed by atoms with Crippen molar-refractivity contribution in [2.75, 3.05) is 7.11 Å². The minimum absolute atomic E-state index is 0.0413. The molecular formula is C27H32N2O3S. The zero-order chi connectivity index (χ0) is 23.2. The summed E-state index contributed by atoms with van der Waals surface area (Å²) in [6.45, 7) is 2.07. The number of thioether (sulfide) groups is 1. The molecule has 0 spiro atoms. The third-order valence-corrected chi connectivity index (χ3v) is 7.91. The number of aryl methyl sites for hydroxylation is 1. The van der Waals surface area contributed by atoms with E-state index in [0.717, 1.165) is 41.9 Å². The van der Waals surface area contributed by atoms with E-state index in [2.05, 4.69) is 29.7 Å². The van der Waals surface area contributed by atoms with Gasteiger partial charge in [-0.3, -0.25) is 9.59 Å². The molecule has 1 heterocycles. The number of benzene rings is 2. The van der Waals surface area contributed by atoms with Gasteiger partial charge >= 0.3 is 0 Å². The third kappa shape index (κ3) is 6.20. The molecule has 4 atom stereocenters. The molecule has 1 aliphatic carbocycles. The van der Waals surface area contributed by atoms with Crippen molar-refractivity contribution in [3.63, 3.8) is 0 Å². The minimum atomic E-state index is -0.0469. The molecule has 0 bridgehead atoms. The number of fused-ring (bicyclic) bond motifs is 1. The van der Waals surface area contributed by atoms with Crippen LogP contribution in [0.15, 0.2) is 59.5 Å². The Balaban J connectivity index is 1.29. The highest BCUT2D eigenvalue weighted by Gasteiger charge is 2.39. The van der Waals surface area contributed by atoms with E-state index in [9.17, 15) is 9.59 Å². The molecule has 4 rings (SSSR count). The summed E-state index contributed by atoms with van der Waals surface area (Å²) in [6.07, 6.45) is 6.29. The topological polar surface area (TPSA) is 67.4 Å². The van der Waals surface area contributed by atoms with Crippen molar-refractivity contribution in [2.45, 2.75) is 56.4 Å². The summed E-state index contributed by atoms with van der Waals surface area (Å²) in [5.74, 6) is 0.824. The van der Waals surface area contributed by atoms with E-state index in [1.165, 1.54) is 5.56 Å². The number of hydrogen-bond donors (Lipinski definition) is 2. The molecule has 2 aromatic rings. The second-order valence-corrected chi connectivity index (χ2v) is 10.2. The smallest absolute Gasteiger partial charge is 0.257 e. The van der Waals surface area contributed by atoms with Gasteiger partial charge in [0.1, 0.15) is 5.75 Å². The van der Waals surface area contributed by atoms with Crippen LogP contribution in [-0.2, 0) is 16.0 Å². The molecule has 5 nitrogen and oxygen atoms in total. The van der Waals surface area contributed by atoms with Crippen LogP contribution < -0.4 is 15.4 Å². The lowest BCUT2D eigenvalue weighted by atomic mass is 9.84. The number of carbonyl (C=O) groups excluding carboxylic acids is 2. The van der Waals surface area contributed by atoms with Crippen molar-refractivity contribution in [1.29, 1.82) is 0 Å². The molecular weight excluding hydrogens is 432 g/mol. The summed E-state index contributed by atoms with van der Waals surface area (Å²) in [6, 6.07) is 18.2. The van der Waals surface area contributed by atoms with Crippen LogP contribution in [0.1, 0.15) is 43.7 Å². The summed E-state index contributed by atoms with van der Waals surface area (Å²) < 4.78 is 5.20. The average Bonchev–Trinajstić information content (AvgIpc) is 2.84. The van der Waals surface area contributed by atoms with Crippen molar-refractivity contribution in [3.05, 3.63) is 70.6 Å². The van der Waals surface area contributed by atoms with Gasteiger partial charge in [-0.25, -0.2) is 0 Å². The molecule has 174 valence electrons. The summed E-state index contributed by atoms with van der Waals surface area (Å²) in [5, 5.41) is 6.67. The van der Waals surface area contributed by atoms with Crippen LogP contribution in [0.25, 0.3) is 6.08 Å². The Bertz CT molecular complexity index is 990. The first kappa shape index (κ1) is 23.4. The Morgan fingerprint density at radius 3 is 2.67 bits per heavy atom.